The molecule has 3 aromatic carbocycles. The summed E-state index contributed by atoms with van der Waals surface area (Å²) in [6.45, 7) is 1.16. The Balaban J connectivity index is 1.85. The number of ether oxygens (including phenoxy) is 1. The van der Waals surface area contributed by atoms with Crippen LogP contribution in [0.2, 0.25) is 0 Å². The van der Waals surface area contributed by atoms with Gasteiger partial charge in [0, 0.05) is 24.1 Å². The Morgan fingerprint density at radius 2 is 1.81 bits per heavy atom. The molecule has 158 valence electrons. The van der Waals surface area contributed by atoms with Crippen LogP contribution in [0.4, 0.5) is 5.69 Å². The van der Waals surface area contributed by atoms with E-state index in [9.17, 15) is 19.7 Å². The first-order valence-corrected chi connectivity index (χ1v) is 9.52. The maximum atomic E-state index is 13.1. The van der Waals surface area contributed by atoms with Gasteiger partial charge in [-0.05, 0) is 24.3 Å². The van der Waals surface area contributed by atoms with E-state index in [1.54, 1.807) is 36.4 Å². The van der Waals surface area contributed by atoms with Crippen molar-refractivity contribution in [1.82, 2.24) is 9.66 Å². The van der Waals surface area contributed by atoms with Crippen LogP contribution >= 0.6 is 0 Å². The van der Waals surface area contributed by atoms with Crippen LogP contribution in [0.1, 0.15) is 12.5 Å². The summed E-state index contributed by atoms with van der Waals surface area (Å²) in [6.07, 6.45) is 1.31. The van der Waals surface area contributed by atoms with Crippen LogP contribution in [-0.4, -0.2) is 26.8 Å². The van der Waals surface area contributed by atoms with Crippen molar-refractivity contribution in [1.29, 1.82) is 0 Å². The number of aromatic nitrogens is 2. The predicted octanol–water partition coefficient (Wildman–Crippen LogP) is 3.78. The third-order valence-electron chi connectivity index (χ3n) is 4.54. The number of hydrogen-bond donors (Lipinski definition) is 0. The average molecular weight is 428 g/mol. The fourth-order valence-corrected chi connectivity index (χ4v) is 3.13. The Morgan fingerprint density at radius 1 is 1.09 bits per heavy atom. The van der Waals surface area contributed by atoms with Gasteiger partial charge in [0.15, 0.2) is 5.82 Å². The highest BCUT2D eigenvalue weighted by atomic mass is 16.6. The molecule has 0 aliphatic heterocycles. The van der Waals surface area contributed by atoms with Gasteiger partial charge in [-0.3, -0.25) is 19.7 Å². The SMILES string of the molecule is CC(=O)Oc1ccc(C=Nn2c(-c3ccccc3)nc3ccccc3c2=O)cc1[N+](=O)[O-]. The number of para-hydroxylation sites is 1. The van der Waals surface area contributed by atoms with Gasteiger partial charge in [0.2, 0.25) is 5.75 Å². The first-order valence-electron chi connectivity index (χ1n) is 9.52. The largest absolute Gasteiger partial charge is 0.419 e. The van der Waals surface area contributed by atoms with Gasteiger partial charge in [-0.2, -0.15) is 9.78 Å². The third kappa shape index (κ3) is 4.12. The Labute approximate surface area is 181 Å². The highest BCUT2D eigenvalue weighted by molar-refractivity contribution is 5.83. The van der Waals surface area contributed by atoms with Gasteiger partial charge >= 0.3 is 11.7 Å². The van der Waals surface area contributed by atoms with Gasteiger partial charge in [0.25, 0.3) is 5.56 Å². The zero-order valence-corrected chi connectivity index (χ0v) is 16.8. The lowest BCUT2D eigenvalue weighted by atomic mass is 10.2. The van der Waals surface area contributed by atoms with Gasteiger partial charge in [0.1, 0.15) is 0 Å². The molecular weight excluding hydrogens is 412 g/mol. The summed E-state index contributed by atoms with van der Waals surface area (Å²) in [5.74, 6) is -0.512. The number of fused-ring (bicyclic) bond motifs is 1. The van der Waals surface area contributed by atoms with Crippen molar-refractivity contribution in [2.24, 2.45) is 5.10 Å². The molecule has 0 N–H and O–H groups in total. The molecule has 0 bridgehead atoms. The molecule has 1 aromatic heterocycles. The van der Waals surface area contributed by atoms with Crippen molar-refractivity contribution in [3.8, 4) is 17.1 Å². The van der Waals surface area contributed by atoms with E-state index >= 15 is 0 Å². The second-order valence-electron chi connectivity index (χ2n) is 6.76. The highest BCUT2D eigenvalue weighted by Gasteiger charge is 2.17. The zero-order chi connectivity index (χ0) is 22.7. The maximum absolute atomic E-state index is 13.1. The number of esters is 1. The van der Waals surface area contributed by atoms with Gasteiger partial charge < -0.3 is 4.74 Å². The van der Waals surface area contributed by atoms with Crippen molar-refractivity contribution in [3.05, 3.63) is 98.8 Å². The van der Waals surface area contributed by atoms with Crippen molar-refractivity contribution in [2.75, 3.05) is 0 Å². The summed E-state index contributed by atoms with van der Waals surface area (Å²) in [5, 5.41) is 16.0. The predicted molar refractivity (Wildman–Crippen MR) is 119 cm³/mol. The molecule has 0 atom stereocenters. The molecule has 9 heteroatoms. The second-order valence-corrected chi connectivity index (χ2v) is 6.76. The lowest BCUT2D eigenvalue weighted by Crippen LogP contribution is -2.20. The van der Waals surface area contributed by atoms with Crippen molar-refractivity contribution >= 4 is 28.8 Å². The van der Waals surface area contributed by atoms with Crippen LogP contribution in [0.5, 0.6) is 5.75 Å². The van der Waals surface area contributed by atoms with Gasteiger partial charge in [-0.1, -0.05) is 42.5 Å². The minimum atomic E-state index is -0.671. The van der Waals surface area contributed by atoms with E-state index in [4.69, 9.17) is 4.74 Å². The van der Waals surface area contributed by atoms with Crippen LogP contribution in [0, 0.1) is 10.1 Å². The quantitative estimate of drug-likeness (QED) is 0.157. The molecule has 0 amide bonds. The topological polar surface area (TPSA) is 117 Å². The molecule has 0 saturated carbocycles. The number of nitro benzene ring substituents is 1. The van der Waals surface area contributed by atoms with Crippen molar-refractivity contribution in [3.63, 3.8) is 0 Å². The number of nitrogens with zero attached hydrogens (tertiary/aromatic N) is 4. The zero-order valence-electron chi connectivity index (χ0n) is 16.8. The molecule has 1 heterocycles. The Bertz CT molecular complexity index is 1430. The molecule has 0 fully saturated rings. The molecule has 9 nitrogen and oxygen atoms in total. The minimum Gasteiger partial charge on any atom is -0.419 e. The molecule has 0 spiro atoms. The monoisotopic (exact) mass is 428 g/mol. The smallest absolute Gasteiger partial charge is 0.312 e. The van der Waals surface area contributed by atoms with Crippen LogP contribution in [0.3, 0.4) is 0 Å². The van der Waals surface area contributed by atoms with Gasteiger partial charge in [-0.15, -0.1) is 0 Å². The normalized spacial score (nSPS) is 11.0. The molecular formula is C23H16N4O5. The molecule has 0 aliphatic carbocycles. The number of nitro groups is 1. The molecule has 0 unspecified atom stereocenters. The fourth-order valence-electron chi connectivity index (χ4n) is 3.13. The maximum Gasteiger partial charge on any atom is 0.312 e. The van der Waals surface area contributed by atoms with Crippen molar-refractivity contribution < 1.29 is 14.5 Å². The first-order chi connectivity index (χ1) is 15.4. The van der Waals surface area contributed by atoms with Crippen LogP contribution in [0.25, 0.3) is 22.3 Å². The molecule has 4 rings (SSSR count). The van der Waals surface area contributed by atoms with Crippen molar-refractivity contribution in [2.45, 2.75) is 6.92 Å². The van der Waals surface area contributed by atoms with E-state index in [2.05, 4.69) is 10.1 Å². The van der Waals surface area contributed by atoms with E-state index in [1.165, 1.54) is 24.4 Å². The summed E-state index contributed by atoms with van der Waals surface area (Å²) < 4.78 is 6.03. The number of carbonyl (C=O) groups is 1. The number of benzene rings is 3. The summed E-state index contributed by atoms with van der Waals surface area (Å²) in [6, 6.07) is 20.0. The first kappa shape index (κ1) is 20.6. The number of hydrogen-bond acceptors (Lipinski definition) is 7. The van der Waals surface area contributed by atoms with Gasteiger partial charge in [0.05, 0.1) is 22.0 Å². The highest BCUT2D eigenvalue weighted by Crippen LogP contribution is 2.27. The second kappa shape index (κ2) is 8.60. The fraction of sp³-hybridized carbons (Fsp3) is 0.0435. The van der Waals surface area contributed by atoms with Crippen LogP contribution < -0.4 is 10.3 Å². The average Bonchev–Trinajstić information content (AvgIpc) is 2.79. The summed E-state index contributed by atoms with van der Waals surface area (Å²) >= 11 is 0. The minimum absolute atomic E-state index is 0.172. The van der Waals surface area contributed by atoms with Crippen LogP contribution in [0.15, 0.2) is 82.7 Å². The van der Waals surface area contributed by atoms with E-state index < -0.39 is 16.6 Å². The van der Waals surface area contributed by atoms with E-state index in [1.807, 2.05) is 18.2 Å². The molecule has 32 heavy (non-hydrogen) atoms. The number of rotatable bonds is 5. The number of carbonyl (C=O) groups excluding carboxylic acids is 1. The summed E-state index contributed by atoms with van der Waals surface area (Å²) in [7, 11) is 0. The Hall–Kier alpha value is -4.66. The Morgan fingerprint density at radius 3 is 2.53 bits per heavy atom. The van der Waals surface area contributed by atoms with E-state index in [-0.39, 0.29) is 11.3 Å². The standard InChI is InChI=1S/C23H16N4O5/c1-15(28)32-21-12-11-16(13-20(21)27(30)31)14-24-26-22(17-7-3-2-4-8-17)25-19-10-6-5-9-18(19)23(26)29/h2-14H,1H3. The Kier molecular flexibility index (Phi) is 5.54. The van der Waals surface area contributed by atoms with Gasteiger partial charge in [-0.25, -0.2) is 4.98 Å². The molecule has 0 aliphatic rings. The van der Waals surface area contributed by atoms with E-state index in [0.29, 0.717) is 27.9 Å². The summed E-state index contributed by atoms with van der Waals surface area (Å²) in [4.78, 5) is 39.6. The van der Waals surface area contributed by atoms with E-state index in [0.717, 1.165) is 11.6 Å². The summed E-state index contributed by atoms with van der Waals surface area (Å²) in [5.41, 5.74) is 0.785. The molecule has 4 aromatic rings. The third-order valence-corrected chi connectivity index (χ3v) is 4.54. The molecule has 0 radical (unpaired) electrons. The van der Waals surface area contributed by atoms with Crippen LogP contribution in [-0.2, 0) is 4.79 Å². The lowest BCUT2D eigenvalue weighted by molar-refractivity contribution is -0.385. The lowest BCUT2D eigenvalue weighted by Gasteiger charge is -2.09. The molecule has 0 saturated heterocycles.